The summed E-state index contributed by atoms with van der Waals surface area (Å²) in [6.07, 6.45) is 6.89. The highest BCUT2D eigenvalue weighted by molar-refractivity contribution is 5.92. The zero-order chi connectivity index (χ0) is 14.5. The highest BCUT2D eigenvalue weighted by atomic mass is 16.2. The van der Waals surface area contributed by atoms with Crippen LogP contribution in [0.2, 0.25) is 0 Å². The number of hydrogen-bond donors (Lipinski definition) is 1. The molecule has 3 nitrogen and oxygen atoms in total. The van der Waals surface area contributed by atoms with Gasteiger partial charge >= 0.3 is 0 Å². The van der Waals surface area contributed by atoms with Crippen molar-refractivity contribution in [2.45, 2.75) is 39.2 Å². The van der Waals surface area contributed by atoms with Crippen molar-refractivity contribution in [1.29, 1.82) is 0 Å². The average molecular weight is 272 g/mol. The van der Waals surface area contributed by atoms with Crippen LogP contribution in [0.5, 0.6) is 0 Å². The lowest BCUT2D eigenvalue weighted by Gasteiger charge is -2.21. The molecule has 1 aliphatic rings. The van der Waals surface area contributed by atoms with Crippen LogP contribution in [0.4, 0.5) is 5.69 Å². The van der Waals surface area contributed by atoms with Crippen molar-refractivity contribution in [2.24, 2.45) is 5.92 Å². The Bertz CT molecular complexity index is 490. The molecule has 1 fully saturated rings. The predicted molar refractivity (Wildman–Crippen MR) is 84.1 cm³/mol. The standard InChI is InChI=1S/C17H24N2O/c1-13(2)10-11-19(16-7-8-16)17(20)9-6-14-4-3-5-15(18)12-14/h3-6,9,12-13,16H,7-8,10-11,18H2,1-2H3/b9-6+. The topological polar surface area (TPSA) is 46.3 Å². The molecule has 0 aliphatic heterocycles. The number of hydrogen-bond acceptors (Lipinski definition) is 2. The molecule has 1 aromatic carbocycles. The van der Waals surface area contributed by atoms with Crippen LogP contribution in [0, 0.1) is 5.92 Å². The van der Waals surface area contributed by atoms with E-state index in [-0.39, 0.29) is 5.91 Å². The van der Waals surface area contributed by atoms with E-state index < -0.39 is 0 Å². The van der Waals surface area contributed by atoms with Crippen LogP contribution in [0.1, 0.15) is 38.7 Å². The highest BCUT2D eigenvalue weighted by Gasteiger charge is 2.31. The lowest BCUT2D eigenvalue weighted by molar-refractivity contribution is -0.126. The second-order valence-corrected chi connectivity index (χ2v) is 5.95. The summed E-state index contributed by atoms with van der Waals surface area (Å²) in [6, 6.07) is 8.04. The number of anilines is 1. The van der Waals surface area contributed by atoms with Crippen molar-refractivity contribution < 1.29 is 4.79 Å². The molecule has 1 aliphatic carbocycles. The summed E-state index contributed by atoms with van der Waals surface area (Å²) in [5.41, 5.74) is 7.43. The zero-order valence-corrected chi connectivity index (χ0v) is 12.4. The van der Waals surface area contributed by atoms with Gasteiger partial charge in [0.25, 0.3) is 0 Å². The van der Waals surface area contributed by atoms with Crippen LogP contribution in [0.3, 0.4) is 0 Å². The maximum absolute atomic E-state index is 12.3. The van der Waals surface area contributed by atoms with Gasteiger partial charge in [-0.1, -0.05) is 26.0 Å². The first-order valence-corrected chi connectivity index (χ1v) is 7.40. The Morgan fingerprint density at radius 2 is 2.20 bits per heavy atom. The first kappa shape index (κ1) is 14.6. The fraction of sp³-hybridized carbons (Fsp3) is 0.471. The Kier molecular flexibility index (Phi) is 4.83. The van der Waals surface area contributed by atoms with Gasteiger partial charge in [-0.25, -0.2) is 0 Å². The number of carbonyl (C=O) groups excluding carboxylic acids is 1. The maximum Gasteiger partial charge on any atom is 0.246 e. The minimum absolute atomic E-state index is 0.121. The minimum Gasteiger partial charge on any atom is -0.399 e. The maximum atomic E-state index is 12.3. The van der Waals surface area contributed by atoms with Crippen LogP contribution in [-0.2, 0) is 4.79 Å². The molecule has 1 aromatic rings. The number of carbonyl (C=O) groups is 1. The molecule has 2 rings (SSSR count). The molecule has 1 amide bonds. The molecular formula is C17H24N2O. The third-order valence-corrected chi connectivity index (χ3v) is 3.55. The predicted octanol–water partition coefficient (Wildman–Crippen LogP) is 3.32. The Hall–Kier alpha value is -1.77. The smallest absolute Gasteiger partial charge is 0.246 e. The van der Waals surface area contributed by atoms with Gasteiger partial charge in [-0.3, -0.25) is 4.79 Å². The van der Waals surface area contributed by atoms with Crippen molar-refractivity contribution in [3.05, 3.63) is 35.9 Å². The lowest BCUT2D eigenvalue weighted by Crippen LogP contribution is -2.33. The normalized spacial score (nSPS) is 14.9. The number of nitrogens with two attached hydrogens (primary N) is 1. The van der Waals surface area contributed by atoms with E-state index in [0.29, 0.717) is 12.0 Å². The number of nitrogens with zero attached hydrogens (tertiary/aromatic N) is 1. The molecule has 2 N–H and O–H groups in total. The number of benzene rings is 1. The van der Waals surface area contributed by atoms with Crippen LogP contribution < -0.4 is 5.73 Å². The molecular weight excluding hydrogens is 248 g/mol. The van der Waals surface area contributed by atoms with E-state index in [4.69, 9.17) is 5.73 Å². The van der Waals surface area contributed by atoms with Gasteiger partial charge in [-0.15, -0.1) is 0 Å². The van der Waals surface area contributed by atoms with Gasteiger partial charge in [-0.2, -0.15) is 0 Å². The second-order valence-electron chi connectivity index (χ2n) is 5.95. The van der Waals surface area contributed by atoms with Crippen molar-refractivity contribution in [1.82, 2.24) is 4.90 Å². The van der Waals surface area contributed by atoms with E-state index in [1.165, 1.54) is 0 Å². The van der Waals surface area contributed by atoms with Gasteiger partial charge in [0.1, 0.15) is 0 Å². The van der Waals surface area contributed by atoms with E-state index in [0.717, 1.165) is 37.1 Å². The van der Waals surface area contributed by atoms with Gasteiger partial charge in [0.15, 0.2) is 0 Å². The number of amides is 1. The molecule has 0 radical (unpaired) electrons. The van der Waals surface area contributed by atoms with Crippen LogP contribution in [0.15, 0.2) is 30.3 Å². The first-order chi connectivity index (χ1) is 9.56. The van der Waals surface area contributed by atoms with Gasteiger partial charge in [-0.05, 0) is 49.0 Å². The van der Waals surface area contributed by atoms with Crippen molar-refractivity contribution >= 4 is 17.7 Å². The Balaban J connectivity index is 1.97. The first-order valence-electron chi connectivity index (χ1n) is 7.40. The third-order valence-electron chi connectivity index (χ3n) is 3.55. The van der Waals surface area contributed by atoms with Gasteiger partial charge < -0.3 is 10.6 Å². The number of rotatable bonds is 6. The molecule has 3 heteroatoms. The highest BCUT2D eigenvalue weighted by Crippen LogP contribution is 2.27. The molecule has 1 saturated carbocycles. The van der Waals surface area contributed by atoms with Crippen LogP contribution in [-0.4, -0.2) is 23.4 Å². The average Bonchev–Trinajstić information content (AvgIpc) is 3.21. The van der Waals surface area contributed by atoms with Gasteiger partial charge in [0.2, 0.25) is 5.91 Å². The van der Waals surface area contributed by atoms with Crippen molar-refractivity contribution in [3.63, 3.8) is 0 Å². The molecule has 0 spiro atoms. The Morgan fingerprint density at radius 1 is 1.45 bits per heavy atom. The molecule has 0 heterocycles. The summed E-state index contributed by atoms with van der Waals surface area (Å²) in [5.74, 6) is 0.748. The van der Waals surface area contributed by atoms with E-state index in [2.05, 4.69) is 13.8 Å². The second kappa shape index (κ2) is 6.60. The third kappa shape index (κ3) is 4.41. The van der Waals surface area contributed by atoms with Crippen molar-refractivity contribution in [3.8, 4) is 0 Å². The summed E-state index contributed by atoms with van der Waals surface area (Å²) >= 11 is 0. The summed E-state index contributed by atoms with van der Waals surface area (Å²) in [5, 5.41) is 0. The van der Waals surface area contributed by atoms with Crippen molar-refractivity contribution in [2.75, 3.05) is 12.3 Å². The van der Waals surface area contributed by atoms with Crippen LogP contribution in [0.25, 0.3) is 6.08 Å². The Labute approximate surface area is 121 Å². The minimum atomic E-state index is 0.121. The Morgan fingerprint density at radius 3 is 2.80 bits per heavy atom. The largest absolute Gasteiger partial charge is 0.399 e. The fourth-order valence-electron chi connectivity index (χ4n) is 2.18. The molecule has 20 heavy (non-hydrogen) atoms. The molecule has 108 valence electrons. The summed E-state index contributed by atoms with van der Waals surface area (Å²) in [6.45, 7) is 5.25. The summed E-state index contributed by atoms with van der Waals surface area (Å²) in [4.78, 5) is 14.3. The molecule has 0 saturated heterocycles. The molecule has 0 atom stereocenters. The molecule has 0 unspecified atom stereocenters. The van der Waals surface area contributed by atoms with Gasteiger partial charge in [0.05, 0.1) is 0 Å². The molecule has 0 bridgehead atoms. The quantitative estimate of drug-likeness (QED) is 0.638. The summed E-state index contributed by atoms with van der Waals surface area (Å²) in [7, 11) is 0. The van der Waals surface area contributed by atoms with E-state index in [1.807, 2.05) is 35.2 Å². The molecule has 0 aromatic heterocycles. The van der Waals surface area contributed by atoms with E-state index in [9.17, 15) is 4.79 Å². The van der Waals surface area contributed by atoms with E-state index >= 15 is 0 Å². The monoisotopic (exact) mass is 272 g/mol. The zero-order valence-electron chi connectivity index (χ0n) is 12.4. The number of nitrogen functional groups attached to an aromatic ring is 1. The van der Waals surface area contributed by atoms with E-state index in [1.54, 1.807) is 6.08 Å². The van der Waals surface area contributed by atoms with Crippen LogP contribution >= 0.6 is 0 Å². The summed E-state index contributed by atoms with van der Waals surface area (Å²) < 4.78 is 0. The van der Waals surface area contributed by atoms with Gasteiger partial charge in [0, 0.05) is 24.4 Å². The lowest BCUT2D eigenvalue weighted by atomic mass is 10.1. The SMILES string of the molecule is CC(C)CCN(C(=O)/C=C/c1cccc(N)c1)C1CC1. The fourth-order valence-corrected chi connectivity index (χ4v) is 2.18.